The number of ether oxygens (including phenoxy) is 1. The molecule has 3 heterocycles. The van der Waals surface area contributed by atoms with E-state index >= 15 is 0 Å². The Morgan fingerprint density at radius 1 is 1.32 bits per heavy atom. The number of nitrogens with one attached hydrogen (secondary N) is 2. The summed E-state index contributed by atoms with van der Waals surface area (Å²) < 4.78 is 7.14. The third-order valence-electron chi connectivity index (χ3n) is 5.68. The maximum Gasteiger partial charge on any atom is 0.229 e. The van der Waals surface area contributed by atoms with Crippen molar-refractivity contribution in [1.82, 2.24) is 35.4 Å². The van der Waals surface area contributed by atoms with Crippen molar-refractivity contribution >= 4 is 5.91 Å². The maximum atomic E-state index is 13.2. The molecule has 1 aromatic carbocycles. The predicted molar refractivity (Wildman–Crippen MR) is 115 cm³/mol. The van der Waals surface area contributed by atoms with Crippen molar-refractivity contribution in [2.24, 2.45) is 5.41 Å². The number of carbonyl (C=O) groups is 1. The molecule has 4 rings (SSSR count). The molecule has 2 aromatic heterocycles. The van der Waals surface area contributed by atoms with Gasteiger partial charge in [0.1, 0.15) is 5.75 Å². The molecule has 0 spiro atoms. The largest absolute Gasteiger partial charge is 0.497 e. The van der Waals surface area contributed by atoms with E-state index in [0.717, 1.165) is 42.2 Å². The van der Waals surface area contributed by atoms with E-state index in [2.05, 4.69) is 36.8 Å². The lowest BCUT2D eigenvalue weighted by Crippen LogP contribution is -2.63. The number of methoxy groups -OCH3 is 1. The van der Waals surface area contributed by atoms with Crippen molar-refractivity contribution in [3.05, 3.63) is 59.7 Å². The van der Waals surface area contributed by atoms with E-state index in [1.807, 2.05) is 37.4 Å². The van der Waals surface area contributed by atoms with E-state index in [1.165, 1.54) is 0 Å². The molecule has 0 aliphatic carbocycles. The van der Waals surface area contributed by atoms with Gasteiger partial charge < -0.3 is 10.1 Å². The van der Waals surface area contributed by atoms with Gasteiger partial charge in [-0.3, -0.25) is 19.5 Å². The van der Waals surface area contributed by atoms with Crippen LogP contribution in [0.25, 0.3) is 0 Å². The fraction of sp³-hybridized carbons (Fsp3) is 0.455. The number of hydrogen-bond donors (Lipinski definition) is 2. The molecule has 31 heavy (non-hydrogen) atoms. The van der Waals surface area contributed by atoms with Crippen molar-refractivity contribution in [1.29, 1.82) is 0 Å². The number of aromatic amines is 1. The van der Waals surface area contributed by atoms with Crippen LogP contribution in [0.4, 0.5) is 0 Å². The second kappa shape index (κ2) is 9.30. The molecule has 1 amide bonds. The summed E-state index contributed by atoms with van der Waals surface area (Å²) >= 11 is 0. The van der Waals surface area contributed by atoms with Crippen LogP contribution in [0, 0.1) is 12.3 Å². The summed E-state index contributed by atoms with van der Waals surface area (Å²) in [5.74, 6) is 0.910. The molecule has 9 heteroatoms. The Bertz CT molecular complexity index is 993. The quantitative estimate of drug-likeness (QED) is 0.480. The van der Waals surface area contributed by atoms with Gasteiger partial charge in [-0.1, -0.05) is 17.3 Å². The van der Waals surface area contributed by atoms with E-state index in [1.54, 1.807) is 18.0 Å². The molecule has 0 bridgehead atoms. The number of rotatable bonds is 10. The topological polar surface area (TPSA) is 101 Å². The maximum absolute atomic E-state index is 13.2. The first-order valence-electron chi connectivity index (χ1n) is 10.5. The second-order valence-corrected chi connectivity index (χ2v) is 8.27. The minimum atomic E-state index is -0.453. The Morgan fingerprint density at radius 3 is 2.90 bits per heavy atom. The van der Waals surface area contributed by atoms with Gasteiger partial charge in [-0.15, -0.1) is 5.10 Å². The lowest BCUT2D eigenvalue weighted by molar-refractivity contribution is -0.142. The minimum Gasteiger partial charge on any atom is -0.497 e. The zero-order valence-electron chi connectivity index (χ0n) is 18.0. The molecule has 0 atom stereocenters. The van der Waals surface area contributed by atoms with Gasteiger partial charge in [0.25, 0.3) is 0 Å². The number of nitrogens with zero attached hydrogens (tertiary/aromatic N) is 5. The highest BCUT2D eigenvalue weighted by molar-refractivity contribution is 5.84. The van der Waals surface area contributed by atoms with Crippen LogP contribution < -0.4 is 10.1 Å². The number of H-pyrrole nitrogens is 1. The summed E-state index contributed by atoms with van der Waals surface area (Å²) in [4.78, 5) is 15.5. The Kier molecular flexibility index (Phi) is 6.31. The highest BCUT2D eigenvalue weighted by Crippen LogP contribution is 2.36. The first kappa shape index (κ1) is 21.0. The van der Waals surface area contributed by atoms with E-state index in [4.69, 9.17) is 4.74 Å². The number of benzene rings is 1. The lowest BCUT2D eigenvalue weighted by atomic mass is 9.73. The Hall–Kier alpha value is -3.20. The fourth-order valence-electron chi connectivity index (χ4n) is 4.20. The first-order valence-corrected chi connectivity index (χ1v) is 10.5. The smallest absolute Gasteiger partial charge is 0.229 e. The zero-order chi connectivity index (χ0) is 21.7. The molecular weight excluding hydrogens is 394 g/mol. The Labute approximate surface area is 181 Å². The van der Waals surface area contributed by atoms with Gasteiger partial charge in [0.05, 0.1) is 24.4 Å². The van der Waals surface area contributed by atoms with Crippen molar-refractivity contribution in [3.63, 3.8) is 0 Å². The van der Waals surface area contributed by atoms with E-state index < -0.39 is 5.41 Å². The summed E-state index contributed by atoms with van der Waals surface area (Å²) in [6, 6.07) is 10.0. The van der Waals surface area contributed by atoms with Gasteiger partial charge >= 0.3 is 0 Å². The Balaban J connectivity index is 1.39. The van der Waals surface area contributed by atoms with Crippen LogP contribution in [0.15, 0.2) is 42.7 Å². The molecular formula is C22H29N7O2. The monoisotopic (exact) mass is 423 g/mol. The van der Waals surface area contributed by atoms with Crippen LogP contribution in [0.2, 0.25) is 0 Å². The summed E-state index contributed by atoms with van der Waals surface area (Å²) in [6.07, 6.45) is 4.97. The molecule has 2 N–H and O–H groups in total. The van der Waals surface area contributed by atoms with Crippen molar-refractivity contribution in [2.75, 3.05) is 26.7 Å². The third kappa shape index (κ3) is 5.11. The molecule has 164 valence electrons. The fourth-order valence-corrected chi connectivity index (χ4v) is 4.20. The van der Waals surface area contributed by atoms with Crippen LogP contribution >= 0.6 is 0 Å². The number of aryl methyl sites for hydroxylation is 2. The molecule has 1 saturated heterocycles. The van der Waals surface area contributed by atoms with E-state index in [9.17, 15) is 4.79 Å². The summed E-state index contributed by atoms with van der Waals surface area (Å²) in [5.41, 5.74) is 2.70. The van der Waals surface area contributed by atoms with Gasteiger partial charge in [-0.2, -0.15) is 5.10 Å². The van der Waals surface area contributed by atoms with Crippen LogP contribution in [0.1, 0.15) is 23.4 Å². The normalized spacial score (nSPS) is 15.4. The van der Waals surface area contributed by atoms with Gasteiger partial charge in [0.15, 0.2) is 0 Å². The van der Waals surface area contributed by atoms with E-state index in [-0.39, 0.29) is 5.91 Å². The van der Waals surface area contributed by atoms with Crippen LogP contribution in [0.5, 0.6) is 5.75 Å². The van der Waals surface area contributed by atoms with Crippen molar-refractivity contribution in [3.8, 4) is 5.75 Å². The molecule has 9 nitrogen and oxygen atoms in total. The summed E-state index contributed by atoms with van der Waals surface area (Å²) in [6.45, 7) is 5.47. The third-order valence-corrected chi connectivity index (χ3v) is 5.68. The molecule has 3 aromatic rings. The molecule has 1 aliphatic heterocycles. The highest BCUT2D eigenvalue weighted by atomic mass is 16.5. The number of aromatic nitrogens is 5. The number of hydrogen-bond acceptors (Lipinski definition) is 6. The van der Waals surface area contributed by atoms with Gasteiger partial charge in [0, 0.05) is 44.6 Å². The first-order chi connectivity index (χ1) is 15.1. The Morgan fingerprint density at radius 2 is 2.19 bits per heavy atom. The number of likely N-dealkylation sites (tertiary alicyclic amines) is 1. The molecule has 0 radical (unpaired) electrons. The molecule has 0 unspecified atom stereocenters. The SMILES string of the molecule is COc1cccc(CC2(C(=O)NCCCn3ccnn3)CN(Cc3cc(C)[nH]n3)C2)c1. The molecule has 1 fully saturated rings. The summed E-state index contributed by atoms with van der Waals surface area (Å²) in [5, 5.41) is 18.2. The zero-order valence-corrected chi connectivity index (χ0v) is 18.0. The van der Waals surface area contributed by atoms with Gasteiger partial charge in [-0.05, 0) is 43.5 Å². The molecule has 1 aliphatic rings. The van der Waals surface area contributed by atoms with Crippen LogP contribution in [-0.2, 0) is 24.3 Å². The average molecular weight is 424 g/mol. The predicted octanol–water partition coefficient (Wildman–Crippen LogP) is 1.57. The van der Waals surface area contributed by atoms with Crippen molar-refractivity contribution < 1.29 is 9.53 Å². The summed E-state index contributed by atoms with van der Waals surface area (Å²) in [7, 11) is 1.66. The molecule has 0 saturated carbocycles. The lowest BCUT2D eigenvalue weighted by Gasteiger charge is -2.49. The highest BCUT2D eigenvalue weighted by Gasteiger charge is 2.48. The van der Waals surface area contributed by atoms with Gasteiger partial charge in [-0.25, -0.2) is 0 Å². The van der Waals surface area contributed by atoms with Crippen LogP contribution in [-0.4, -0.2) is 62.7 Å². The van der Waals surface area contributed by atoms with Crippen molar-refractivity contribution in [2.45, 2.75) is 32.9 Å². The van der Waals surface area contributed by atoms with Crippen LogP contribution in [0.3, 0.4) is 0 Å². The van der Waals surface area contributed by atoms with Gasteiger partial charge in [0.2, 0.25) is 5.91 Å². The van der Waals surface area contributed by atoms with E-state index in [0.29, 0.717) is 26.1 Å². The number of carbonyl (C=O) groups excluding carboxylic acids is 1. The second-order valence-electron chi connectivity index (χ2n) is 8.27. The standard InChI is InChI=1S/C22H29N7O2/c1-17-11-19(26-25-17)14-28-15-22(16-28,13-18-5-3-6-20(12-18)31-2)21(30)23-7-4-9-29-10-8-24-27-29/h3,5-6,8,10-12H,4,7,9,13-16H2,1-2H3,(H,23,30)(H,25,26). The average Bonchev–Trinajstić information content (AvgIpc) is 3.41. The minimum absolute atomic E-state index is 0.100. The number of amides is 1.